The molecule has 1 heterocycles. The molecule has 2 aromatic rings. The van der Waals surface area contributed by atoms with Gasteiger partial charge in [-0.1, -0.05) is 48.0 Å². The molecule has 0 aliphatic carbocycles. The number of benzene rings is 2. The van der Waals surface area contributed by atoms with Crippen molar-refractivity contribution in [1.29, 1.82) is 0 Å². The van der Waals surface area contributed by atoms with Gasteiger partial charge in [0.1, 0.15) is 0 Å². The van der Waals surface area contributed by atoms with Crippen LogP contribution in [0, 0.1) is 6.92 Å². The molecule has 3 rings (SSSR count). The maximum Gasteiger partial charge on any atom is 0.0408 e. The molecule has 3 heteroatoms. The number of hydrogen-bond acceptors (Lipinski definition) is 2. The topological polar surface area (TPSA) is 15.3 Å². The van der Waals surface area contributed by atoms with E-state index >= 15 is 0 Å². The minimum absolute atomic E-state index is 0.489. The zero-order valence-electron chi connectivity index (χ0n) is 13.2. The summed E-state index contributed by atoms with van der Waals surface area (Å²) >= 11 is 6.10. The van der Waals surface area contributed by atoms with E-state index in [-0.39, 0.29) is 0 Å². The van der Waals surface area contributed by atoms with Gasteiger partial charge in [0, 0.05) is 36.6 Å². The van der Waals surface area contributed by atoms with Crippen LogP contribution in [0.3, 0.4) is 0 Å². The van der Waals surface area contributed by atoms with Gasteiger partial charge in [0.2, 0.25) is 0 Å². The number of halogens is 1. The number of aryl methyl sites for hydroxylation is 1. The molecule has 0 bridgehead atoms. The minimum Gasteiger partial charge on any atom is -0.315 e. The van der Waals surface area contributed by atoms with Crippen molar-refractivity contribution in [1.82, 2.24) is 10.2 Å². The molecule has 1 aliphatic heterocycles. The van der Waals surface area contributed by atoms with E-state index in [0.717, 1.165) is 24.7 Å². The van der Waals surface area contributed by atoms with Crippen LogP contribution in [0.25, 0.3) is 0 Å². The van der Waals surface area contributed by atoms with E-state index in [1.54, 1.807) is 0 Å². The lowest BCUT2D eigenvalue weighted by Crippen LogP contribution is -2.32. The van der Waals surface area contributed by atoms with Crippen molar-refractivity contribution < 1.29 is 0 Å². The number of likely N-dealkylation sites (tertiary alicyclic amines) is 1. The first-order chi connectivity index (χ1) is 10.7. The van der Waals surface area contributed by atoms with Crippen LogP contribution in [0.4, 0.5) is 0 Å². The Morgan fingerprint density at radius 2 is 1.91 bits per heavy atom. The Balaban J connectivity index is 1.77. The van der Waals surface area contributed by atoms with E-state index < -0.39 is 0 Å². The molecular weight excluding hydrogens is 292 g/mol. The van der Waals surface area contributed by atoms with Gasteiger partial charge >= 0.3 is 0 Å². The third-order valence-electron chi connectivity index (χ3n) is 4.65. The number of nitrogens with one attached hydrogen (secondary N) is 1. The summed E-state index contributed by atoms with van der Waals surface area (Å²) in [5.41, 5.74) is 4.09. The van der Waals surface area contributed by atoms with Crippen LogP contribution in [0.5, 0.6) is 0 Å². The summed E-state index contributed by atoms with van der Waals surface area (Å²) < 4.78 is 0. The zero-order chi connectivity index (χ0) is 15.5. The highest BCUT2D eigenvalue weighted by Crippen LogP contribution is 2.31. The monoisotopic (exact) mass is 314 g/mol. The van der Waals surface area contributed by atoms with Gasteiger partial charge in [0.05, 0.1) is 0 Å². The quantitative estimate of drug-likeness (QED) is 0.922. The molecule has 0 spiro atoms. The highest BCUT2D eigenvalue weighted by molar-refractivity contribution is 6.30. The van der Waals surface area contributed by atoms with Crippen LogP contribution in [0.1, 0.15) is 22.6 Å². The largest absolute Gasteiger partial charge is 0.315 e. The van der Waals surface area contributed by atoms with Gasteiger partial charge in [-0.25, -0.2) is 0 Å². The summed E-state index contributed by atoms with van der Waals surface area (Å²) in [4.78, 5) is 2.54. The fourth-order valence-electron chi connectivity index (χ4n) is 3.52. The Bertz CT molecular complexity index is 627. The summed E-state index contributed by atoms with van der Waals surface area (Å²) in [5.74, 6) is 0.519. The van der Waals surface area contributed by atoms with Crippen molar-refractivity contribution in [2.24, 2.45) is 0 Å². The van der Waals surface area contributed by atoms with E-state index in [1.807, 2.05) is 6.07 Å². The Kier molecular flexibility index (Phi) is 4.82. The Labute approximate surface area is 138 Å². The average Bonchev–Trinajstić information content (AvgIpc) is 2.91. The smallest absolute Gasteiger partial charge is 0.0408 e. The number of nitrogens with zero attached hydrogens (tertiary/aromatic N) is 1. The number of hydrogen-bond donors (Lipinski definition) is 1. The first-order valence-electron chi connectivity index (χ1n) is 7.87. The second-order valence-corrected chi connectivity index (χ2v) is 6.62. The van der Waals surface area contributed by atoms with Crippen LogP contribution < -0.4 is 5.32 Å². The van der Waals surface area contributed by atoms with Gasteiger partial charge in [-0.2, -0.15) is 0 Å². The normalized spacial score (nSPS) is 22.1. The van der Waals surface area contributed by atoms with Crippen LogP contribution in [-0.2, 0) is 6.54 Å². The summed E-state index contributed by atoms with van der Waals surface area (Å²) in [6, 6.07) is 17.5. The molecule has 1 saturated heterocycles. The average molecular weight is 315 g/mol. The molecule has 1 N–H and O–H groups in total. The van der Waals surface area contributed by atoms with Gasteiger partial charge in [-0.3, -0.25) is 4.90 Å². The second kappa shape index (κ2) is 6.82. The van der Waals surface area contributed by atoms with E-state index in [2.05, 4.69) is 66.7 Å². The standard InChI is InChI=1S/C19H23ClN2/c1-14-10-16(20)8-9-17(14)18-12-22(13-19(18)21-2)11-15-6-4-3-5-7-15/h3-10,18-19,21H,11-13H2,1-2H3. The number of rotatable bonds is 4. The Morgan fingerprint density at radius 3 is 2.59 bits per heavy atom. The highest BCUT2D eigenvalue weighted by Gasteiger charge is 2.33. The zero-order valence-corrected chi connectivity index (χ0v) is 14.0. The lowest BCUT2D eigenvalue weighted by Gasteiger charge is -2.20. The molecule has 0 radical (unpaired) electrons. The van der Waals surface area contributed by atoms with Crippen LogP contribution in [0.2, 0.25) is 5.02 Å². The summed E-state index contributed by atoms with van der Waals surface area (Å²) in [6.07, 6.45) is 0. The lowest BCUT2D eigenvalue weighted by molar-refractivity contribution is 0.320. The summed E-state index contributed by atoms with van der Waals surface area (Å²) in [6.45, 7) is 5.34. The minimum atomic E-state index is 0.489. The SMILES string of the molecule is CNC1CN(Cc2ccccc2)CC1c1ccc(Cl)cc1C. The molecule has 22 heavy (non-hydrogen) atoms. The second-order valence-electron chi connectivity index (χ2n) is 6.18. The molecule has 0 aromatic heterocycles. The molecule has 116 valence electrons. The van der Waals surface area contributed by atoms with Crippen molar-refractivity contribution in [3.05, 3.63) is 70.2 Å². The molecule has 2 atom stereocenters. The third kappa shape index (κ3) is 3.35. The fraction of sp³-hybridized carbons (Fsp3) is 0.368. The summed E-state index contributed by atoms with van der Waals surface area (Å²) in [5, 5.41) is 4.32. The molecular formula is C19H23ClN2. The van der Waals surface area contributed by atoms with E-state index in [0.29, 0.717) is 12.0 Å². The van der Waals surface area contributed by atoms with Crippen molar-refractivity contribution >= 4 is 11.6 Å². The molecule has 2 aromatic carbocycles. The molecule has 0 amide bonds. The van der Waals surface area contributed by atoms with E-state index in [9.17, 15) is 0 Å². The molecule has 1 aliphatic rings. The van der Waals surface area contributed by atoms with Crippen molar-refractivity contribution in [2.75, 3.05) is 20.1 Å². The van der Waals surface area contributed by atoms with Gasteiger partial charge in [-0.15, -0.1) is 0 Å². The van der Waals surface area contributed by atoms with Gasteiger partial charge in [-0.05, 0) is 42.8 Å². The third-order valence-corrected chi connectivity index (χ3v) is 4.88. The molecule has 2 nitrogen and oxygen atoms in total. The van der Waals surface area contributed by atoms with E-state index in [1.165, 1.54) is 16.7 Å². The van der Waals surface area contributed by atoms with Crippen molar-refractivity contribution in [3.63, 3.8) is 0 Å². The van der Waals surface area contributed by atoms with Gasteiger partial charge in [0.15, 0.2) is 0 Å². The molecule has 1 fully saturated rings. The van der Waals surface area contributed by atoms with Crippen molar-refractivity contribution in [3.8, 4) is 0 Å². The Morgan fingerprint density at radius 1 is 1.14 bits per heavy atom. The van der Waals surface area contributed by atoms with Crippen LogP contribution in [0.15, 0.2) is 48.5 Å². The van der Waals surface area contributed by atoms with E-state index in [4.69, 9.17) is 11.6 Å². The van der Waals surface area contributed by atoms with Crippen LogP contribution >= 0.6 is 11.6 Å². The first kappa shape index (κ1) is 15.5. The first-order valence-corrected chi connectivity index (χ1v) is 8.25. The number of likely N-dealkylation sites (N-methyl/N-ethyl adjacent to an activating group) is 1. The fourth-order valence-corrected chi connectivity index (χ4v) is 3.75. The van der Waals surface area contributed by atoms with Crippen molar-refractivity contribution in [2.45, 2.75) is 25.4 Å². The Hall–Kier alpha value is -1.35. The molecule has 0 saturated carbocycles. The maximum atomic E-state index is 6.10. The van der Waals surface area contributed by atoms with Gasteiger partial charge < -0.3 is 5.32 Å². The highest BCUT2D eigenvalue weighted by atomic mass is 35.5. The summed E-state index contributed by atoms with van der Waals surface area (Å²) in [7, 11) is 2.06. The maximum absolute atomic E-state index is 6.10. The predicted octanol–water partition coefficient (Wildman–Crippen LogP) is 3.84. The molecule has 2 unspecified atom stereocenters. The van der Waals surface area contributed by atoms with Gasteiger partial charge in [0.25, 0.3) is 0 Å². The van der Waals surface area contributed by atoms with Crippen LogP contribution in [-0.4, -0.2) is 31.1 Å². The lowest BCUT2D eigenvalue weighted by atomic mass is 9.91. The predicted molar refractivity (Wildman–Crippen MR) is 93.5 cm³/mol.